The lowest BCUT2D eigenvalue weighted by atomic mass is 10.1. The van der Waals surface area contributed by atoms with Gasteiger partial charge in [-0.05, 0) is 50.1 Å². The molecule has 17 heavy (non-hydrogen) atoms. The normalized spacial score (nSPS) is 24.6. The van der Waals surface area contributed by atoms with E-state index >= 15 is 0 Å². The zero-order valence-electron chi connectivity index (χ0n) is 10.0. The van der Waals surface area contributed by atoms with Crippen molar-refractivity contribution in [2.24, 2.45) is 0 Å². The summed E-state index contributed by atoms with van der Waals surface area (Å²) in [5, 5.41) is 0. The first-order valence-corrected chi connectivity index (χ1v) is 7.67. The van der Waals surface area contributed by atoms with Gasteiger partial charge < -0.3 is 4.98 Å². The van der Waals surface area contributed by atoms with E-state index in [1.807, 2.05) is 11.8 Å². The molecule has 2 nitrogen and oxygen atoms in total. The topological polar surface area (TPSA) is 28.7 Å². The Morgan fingerprint density at radius 3 is 3.00 bits per heavy atom. The lowest BCUT2D eigenvalue weighted by Gasteiger charge is -2.19. The third kappa shape index (κ3) is 1.91. The van der Waals surface area contributed by atoms with Gasteiger partial charge in [-0.3, -0.25) is 0 Å². The van der Waals surface area contributed by atoms with Crippen LogP contribution in [0, 0.1) is 6.92 Å². The molecule has 1 unspecified atom stereocenters. The van der Waals surface area contributed by atoms with Crippen LogP contribution < -0.4 is 0 Å². The molecule has 2 heterocycles. The van der Waals surface area contributed by atoms with Crippen molar-refractivity contribution in [1.82, 2.24) is 9.97 Å². The van der Waals surface area contributed by atoms with Crippen molar-refractivity contribution in [3.8, 4) is 0 Å². The minimum Gasteiger partial charge on any atom is -0.341 e. The van der Waals surface area contributed by atoms with Gasteiger partial charge in [-0.25, -0.2) is 4.98 Å². The largest absolute Gasteiger partial charge is 0.341 e. The molecule has 1 fully saturated rings. The molecule has 1 saturated heterocycles. The summed E-state index contributed by atoms with van der Waals surface area (Å²) in [5.41, 5.74) is 3.47. The SMILES string of the molecule is Cc1cc(Br)cc2[nH]c(C3(C)CCCS3)nc12. The summed E-state index contributed by atoms with van der Waals surface area (Å²) < 4.78 is 1.29. The molecule has 1 aromatic carbocycles. The van der Waals surface area contributed by atoms with Crippen LogP contribution in [0.4, 0.5) is 0 Å². The molecule has 0 amide bonds. The second-order valence-electron chi connectivity index (χ2n) is 4.89. The smallest absolute Gasteiger partial charge is 0.123 e. The van der Waals surface area contributed by atoms with Crippen LogP contribution in [0.15, 0.2) is 16.6 Å². The van der Waals surface area contributed by atoms with Gasteiger partial charge >= 0.3 is 0 Å². The summed E-state index contributed by atoms with van der Waals surface area (Å²) in [6, 6.07) is 4.24. The summed E-state index contributed by atoms with van der Waals surface area (Å²) in [6.07, 6.45) is 2.51. The molecule has 0 bridgehead atoms. The summed E-state index contributed by atoms with van der Waals surface area (Å²) in [4.78, 5) is 8.31. The Morgan fingerprint density at radius 2 is 2.29 bits per heavy atom. The van der Waals surface area contributed by atoms with Gasteiger partial charge in [-0.2, -0.15) is 0 Å². The lowest BCUT2D eigenvalue weighted by molar-refractivity contribution is 0.614. The van der Waals surface area contributed by atoms with E-state index in [0.29, 0.717) is 0 Å². The van der Waals surface area contributed by atoms with Crippen molar-refractivity contribution >= 4 is 38.7 Å². The van der Waals surface area contributed by atoms with Crippen molar-refractivity contribution in [3.05, 3.63) is 28.0 Å². The fourth-order valence-electron chi connectivity index (χ4n) is 2.46. The molecule has 90 valence electrons. The van der Waals surface area contributed by atoms with E-state index in [0.717, 1.165) is 21.3 Å². The van der Waals surface area contributed by atoms with Crippen LogP contribution in [0.1, 0.15) is 31.2 Å². The molecule has 4 heteroatoms. The fraction of sp³-hybridized carbons (Fsp3) is 0.462. The number of hydrogen-bond donors (Lipinski definition) is 1. The third-order valence-electron chi connectivity index (χ3n) is 3.46. The first-order chi connectivity index (χ1) is 8.08. The van der Waals surface area contributed by atoms with Gasteiger partial charge in [0, 0.05) is 4.47 Å². The molecule has 1 N–H and O–H groups in total. The van der Waals surface area contributed by atoms with E-state index in [2.05, 4.69) is 46.9 Å². The van der Waals surface area contributed by atoms with Gasteiger partial charge in [-0.15, -0.1) is 11.8 Å². The van der Waals surface area contributed by atoms with E-state index in [1.54, 1.807) is 0 Å². The fourth-order valence-corrected chi connectivity index (χ4v) is 4.30. The zero-order valence-corrected chi connectivity index (χ0v) is 12.4. The molecule has 3 rings (SSSR count). The molecule has 0 radical (unpaired) electrons. The molecular weight excluding hydrogens is 296 g/mol. The Labute approximate surface area is 114 Å². The maximum Gasteiger partial charge on any atom is 0.123 e. The van der Waals surface area contributed by atoms with Gasteiger partial charge in [0.2, 0.25) is 0 Å². The first kappa shape index (κ1) is 11.6. The quantitative estimate of drug-likeness (QED) is 0.847. The average molecular weight is 311 g/mol. The van der Waals surface area contributed by atoms with Crippen LogP contribution in [0.2, 0.25) is 0 Å². The summed E-state index contributed by atoms with van der Waals surface area (Å²) in [5.74, 6) is 2.38. The van der Waals surface area contributed by atoms with Crippen LogP contribution in [0.25, 0.3) is 11.0 Å². The van der Waals surface area contributed by atoms with Crippen molar-refractivity contribution < 1.29 is 0 Å². The van der Waals surface area contributed by atoms with Crippen molar-refractivity contribution in [2.75, 3.05) is 5.75 Å². The summed E-state index contributed by atoms with van der Waals surface area (Å²) in [6.45, 7) is 4.41. The highest BCUT2D eigenvalue weighted by atomic mass is 79.9. The van der Waals surface area contributed by atoms with Crippen molar-refractivity contribution in [1.29, 1.82) is 0 Å². The van der Waals surface area contributed by atoms with Crippen LogP contribution in [-0.2, 0) is 4.75 Å². The number of hydrogen-bond acceptors (Lipinski definition) is 2. The zero-order chi connectivity index (χ0) is 12.0. The second-order valence-corrected chi connectivity index (χ2v) is 7.40. The maximum absolute atomic E-state index is 4.81. The van der Waals surface area contributed by atoms with E-state index in [1.165, 1.54) is 24.2 Å². The first-order valence-electron chi connectivity index (χ1n) is 5.89. The highest BCUT2D eigenvalue weighted by Crippen LogP contribution is 2.45. The number of halogens is 1. The molecule has 0 spiro atoms. The number of nitrogens with zero attached hydrogens (tertiary/aromatic N) is 1. The number of aryl methyl sites for hydroxylation is 1. The number of aromatic nitrogens is 2. The average Bonchev–Trinajstić information content (AvgIpc) is 2.84. The molecule has 1 atom stereocenters. The summed E-state index contributed by atoms with van der Waals surface area (Å²) in [7, 11) is 0. The molecule has 0 aliphatic carbocycles. The predicted molar refractivity (Wildman–Crippen MR) is 77.6 cm³/mol. The van der Waals surface area contributed by atoms with Gasteiger partial charge in [0.1, 0.15) is 5.82 Å². The van der Waals surface area contributed by atoms with Crippen molar-refractivity contribution in [2.45, 2.75) is 31.4 Å². The van der Waals surface area contributed by atoms with Gasteiger partial charge in [0.15, 0.2) is 0 Å². The minimum atomic E-state index is 0.179. The van der Waals surface area contributed by atoms with Crippen LogP contribution in [0.5, 0.6) is 0 Å². The number of benzene rings is 1. The Hall–Kier alpha value is -0.480. The maximum atomic E-state index is 4.81. The monoisotopic (exact) mass is 310 g/mol. The van der Waals surface area contributed by atoms with E-state index in [9.17, 15) is 0 Å². The number of H-pyrrole nitrogens is 1. The molecule has 1 aromatic heterocycles. The molecule has 1 aliphatic rings. The predicted octanol–water partition coefficient (Wildman–Crippen LogP) is 4.38. The van der Waals surface area contributed by atoms with Gasteiger partial charge in [0.05, 0.1) is 15.8 Å². The molecule has 0 saturated carbocycles. The Balaban J connectivity index is 2.16. The van der Waals surface area contributed by atoms with Gasteiger partial charge in [0.25, 0.3) is 0 Å². The number of imidazole rings is 1. The van der Waals surface area contributed by atoms with Gasteiger partial charge in [-0.1, -0.05) is 15.9 Å². The highest BCUT2D eigenvalue weighted by Gasteiger charge is 2.34. The number of nitrogens with one attached hydrogen (secondary N) is 1. The minimum absolute atomic E-state index is 0.179. The number of rotatable bonds is 1. The number of thioether (sulfide) groups is 1. The number of aromatic amines is 1. The highest BCUT2D eigenvalue weighted by molar-refractivity contribution is 9.10. The Kier molecular flexibility index (Phi) is 2.75. The van der Waals surface area contributed by atoms with Crippen molar-refractivity contribution in [3.63, 3.8) is 0 Å². The molecule has 2 aromatic rings. The number of fused-ring (bicyclic) bond motifs is 1. The van der Waals surface area contributed by atoms with Crippen LogP contribution in [-0.4, -0.2) is 15.7 Å². The van der Waals surface area contributed by atoms with E-state index < -0.39 is 0 Å². The lowest BCUT2D eigenvalue weighted by Crippen LogP contribution is -2.14. The summed E-state index contributed by atoms with van der Waals surface area (Å²) >= 11 is 5.55. The second kappa shape index (κ2) is 4.02. The Bertz CT molecular complexity index is 570. The molecular formula is C13H15BrN2S. The standard InChI is InChI=1S/C13H15BrN2S/c1-8-6-9(14)7-10-11(8)16-12(15-10)13(2)4-3-5-17-13/h6-7H,3-5H2,1-2H3,(H,15,16). The van der Waals surface area contributed by atoms with Crippen LogP contribution in [0.3, 0.4) is 0 Å². The van der Waals surface area contributed by atoms with Crippen LogP contribution >= 0.6 is 27.7 Å². The van der Waals surface area contributed by atoms with E-state index in [-0.39, 0.29) is 4.75 Å². The molecule has 1 aliphatic heterocycles. The Morgan fingerprint density at radius 1 is 1.47 bits per heavy atom. The van der Waals surface area contributed by atoms with E-state index in [4.69, 9.17) is 4.98 Å². The third-order valence-corrected chi connectivity index (χ3v) is 5.45.